The number of rotatable bonds is 5. The summed E-state index contributed by atoms with van der Waals surface area (Å²) in [5.74, 6) is -0.287. The van der Waals surface area contributed by atoms with Crippen LogP contribution in [-0.4, -0.2) is 17.6 Å². The Balaban J connectivity index is 0.00000220. The fraction of sp³-hybridized carbons (Fsp3) is 0.250. The van der Waals surface area contributed by atoms with Gasteiger partial charge >= 0.3 is 5.97 Å². The van der Waals surface area contributed by atoms with E-state index in [1.807, 2.05) is 36.4 Å². The van der Waals surface area contributed by atoms with Gasteiger partial charge in [0.25, 0.3) is 0 Å². The van der Waals surface area contributed by atoms with E-state index in [0.29, 0.717) is 6.61 Å². The van der Waals surface area contributed by atoms with E-state index in [1.165, 1.54) is 0 Å². The molecule has 120 valence electrons. The van der Waals surface area contributed by atoms with Gasteiger partial charge in [-0.2, -0.15) is 0 Å². The van der Waals surface area contributed by atoms with Crippen LogP contribution < -0.4 is 5.73 Å². The summed E-state index contributed by atoms with van der Waals surface area (Å²) in [6, 6.07) is 11.5. The molecule has 2 rings (SSSR count). The maximum absolute atomic E-state index is 11.5. The number of esters is 1. The number of halogens is 2. The lowest BCUT2D eigenvalue weighted by atomic mass is 10.0. The zero-order valence-electron chi connectivity index (χ0n) is 12.3. The van der Waals surface area contributed by atoms with E-state index in [0.717, 1.165) is 16.7 Å². The van der Waals surface area contributed by atoms with Crippen LogP contribution >= 0.6 is 24.8 Å². The lowest BCUT2D eigenvalue weighted by Crippen LogP contribution is -2.17. The third kappa shape index (κ3) is 5.64. The standard InChI is InChI=1S/C16H18N2O2.2ClH/c1-2-20-16(19)9-15(17)14-8-13(10-18-11-14)12-6-4-3-5-7-12;;/h3-8,10-11,15H,2,9,17H2,1H3;2*1H/t15-;;/m0../s1. The van der Waals surface area contributed by atoms with Gasteiger partial charge in [0.1, 0.15) is 0 Å². The smallest absolute Gasteiger partial charge is 0.307 e. The third-order valence-corrected chi connectivity index (χ3v) is 2.99. The van der Waals surface area contributed by atoms with E-state index in [1.54, 1.807) is 19.3 Å². The number of nitrogens with two attached hydrogens (primary N) is 1. The highest BCUT2D eigenvalue weighted by Gasteiger charge is 2.13. The van der Waals surface area contributed by atoms with E-state index in [4.69, 9.17) is 10.5 Å². The molecule has 2 N–H and O–H groups in total. The predicted octanol–water partition coefficient (Wildman–Crippen LogP) is 3.55. The molecular weight excluding hydrogens is 323 g/mol. The monoisotopic (exact) mass is 342 g/mol. The Morgan fingerprint density at radius 3 is 2.50 bits per heavy atom. The molecule has 1 heterocycles. The van der Waals surface area contributed by atoms with Gasteiger partial charge in [0.2, 0.25) is 0 Å². The van der Waals surface area contributed by atoms with Crippen LogP contribution in [0.25, 0.3) is 11.1 Å². The highest BCUT2D eigenvalue weighted by Crippen LogP contribution is 2.22. The number of hydrogen-bond donors (Lipinski definition) is 1. The summed E-state index contributed by atoms with van der Waals surface area (Å²) < 4.78 is 4.91. The van der Waals surface area contributed by atoms with Crippen molar-refractivity contribution in [1.82, 2.24) is 4.98 Å². The molecule has 0 amide bonds. The molecule has 1 atom stereocenters. The van der Waals surface area contributed by atoms with Crippen molar-refractivity contribution in [1.29, 1.82) is 0 Å². The zero-order chi connectivity index (χ0) is 14.4. The third-order valence-electron chi connectivity index (χ3n) is 2.99. The van der Waals surface area contributed by atoms with Gasteiger partial charge < -0.3 is 10.5 Å². The molecule has 0 aliphatic rings. The Kier molecular flexibility index (Phi) is 9.42. The number of carbonyl (C=O) groups is 1. The normalized spacial score (nSPS) is 10.8. The van der Waals surface area contributed by atoms with Gasteiger partial charge in [-0.25, -0.2) is 0 Å². The van der Waals surface area contributed by atoms with Gasteiger partial charge in [-0.05, 0) is 24.1 Å². The van der Waals surface area contributed by atoms with Crippen molar-refractivity contribution in [3.63, 3.8) is 0 Å². The molecule has 0 bridgehead atoms. The molecule has 1 aromatic carbocycles. The van der Waals surface area contributed by atoms with E-state index in [-0.39, 0.29) is 37.2 Å². The number of nitrogens with zero attached hydrogens (tertiary/aromatic N) is 1. The van der Waals surface area contributed by atoms with Crippen LogP contribution in [0.5, 0.6) is 0 Å². The van der Waals surface area contributed by atoms with Crippen molar-refractivity contribution in [2.75, 3.05) is 6.61 Å². The molecule has 0 radical (unpaired) electrons. The van der Waals surface area contributed by atoms with Gasteiger partial charge in [-0.1, -0.05) is 30.3 Å². The molecule has 2 aromatic rings. The highest BCUT2D eigenvalue weighted by molar-refractivity contribution is 5.85. The second-order valence-corrected chi connectivity index (χ2v) is 4.49. The van der Waals surface area contributed by atoms with Crippen LogP contribution in [0.15, 0.2) is 48.8 Å². The number of carbonyl (C=O) groups excluding carboxylic acids is 1. The molecule has 0 saturated carbocycles. The first-order valence-corrected chi connectivity index (χ1v) is 6.62. The van der Waals surface area contributed by atoms with Gasteiger partial charge in [-0.3, -0.25) is 9.78 Å². The average molecular weight is 343 g/mol. The van der Waals surface area contributed by atoms with Crippen LogP contribution in [0.2, 0.25) is 0 Å². The molecule has 0 spiro atoms. The molecule has 6 heteroatoms. The number of benzene rings is 1. The maximum atomic E-state index is 11.5. The SMILES string of the molecule is CCOC(=O)C[C@H](N)c1cncc(-c2ccccc2)c1.Cl.Cl. The maximum Gasteiger partial charge on any atom is 0.307 e. The molecule has 1 aromatic heterocycles. The summed E-state index contributed by atoms with van der Waals surface area (Å²) in [7, 11) is 0. The van der Waals surface area contributed by atoms with E-state index >= 15 is 0 Å². The second-order valence-electron chi connectivity index (χ2n) is 4.49. The topological polar surface area (TPSA) is 65.2 Å². The molecule has 0 unspecified atom stereocenters. The zero-order valence-corrected chi connectivity index (χ0v) is 13.9. The van der Waals surface area contributed by atoms with Crippen LogP contribution in [0.3, 0.4) is 0 Å². The Hall–Kier alpha value is -1.62. The lowest BCUT2D eigenvalue weighted by Gasteiger charge is -2.12. The van der Waals surface area contributed by atoms with E-state index < -0.39 is 6.04 Å². The Bertz CT molecular complexity index is 579. The summed E-state index contributed by atoms with van der Waals surface area (Å²) >= 11 is 0. The lowest BCUT2D eigenvalue weighted by molar-refractivity contribution is -0.143. The van der Waals surface area contributed by atoms with E-state index in [9.17, 15) is 4.79 Å². The van der Waals surface area contributed by atoms with Crippen molar-refractivity contribution >= 4 is 30.8 Å². The second kappa shape index (κ2) is 10.2. The van der Waals surface area contributed by atoms with Crippen molar-refractivity contribution in [2.45, 2.75) is 19.4 Å². The predicted molar refractivity (Wildman–Crippen MR) is 92.3 cm³/mol. The highest BCUT2D eigenvalue weighted by atomic mass is 35.5. The minimum atomic E-state index is -0.398. The Labute approximate surface area is 142 Å². The quantitative estimate of drug-likeness (QED) is 0.844. The molecule has 4 nitrogen and oxygen atoms in total. The van der Waals surface area contributed by atoms with Gasteiger partial charge in [0, 0.05) is 24.0 Å². The van der Waals surface area contributed by atoms with Crippen LogP contribution in [0.1, 0.15) is 24.9 Å². The number of pyridine rings is 1. The fourth-order valence-electron chi connectivity index (χ4n) is 1.97. The molecule has 0 aliphatic heterocycles. The Morgan fingerprint density at radius 2 is 1.86 bits per heavy atom. The first-order valence-electron chi connectivity index (χ1n) is 6.62. The van der Waals surface area contributed by atoms with Gasteiger partial charge in [0.15, 0.2) is 0 Å². The molecular formula is C16H20Cl2N2O2. The summed E-state index contributed by atoms with van der Waals surface area (Å²) in [4.78, 5) is 15.7. The summed E-state index contributed by atoms with van der Waals surface area (Å²) in [5.41, 5.74) is 8.93. The minimum absolute atomic E-state index is 0. The van der Waals surface area contributed by atoms with Crippen molar-refractivity contribution < 1.29 is 9.53 Å². The first-order chi connectivity index (χ1) is 9.70. The van der Waals surface area contributed by atoms with Gasteiger partial charge in [0.05, 0.1) is 13.0 Å². The summed E-state index contributed by atoms with van der Waals surface area (Å²) in [5, 5.41) is 0. The number of ether oxygens (including phenoxy) is 1. The summed E-state index contributed by atoms with van der Waals surface area (Å²) in [6.07, 6.45) is 3.64. The molecule has 0 aliphatic carbocycles. The average Bonchev–Trinajstić information content (AvgIpc) is 2.48. The molecule has 0 fully saturated rings. The van der Waals surface area contributed by atoms with Crippen molar-refractivity contribution in [2.24, 2.45) is 5.73 Å². The van der Waals surface area contributed by atoms with Crippen LogP contribution in [0, 0.1) is 0 Å². The van der Waals surface area contributed by atoms with Crippen molar-refractivity contribution in [3.8, 4) is 11.1 Å². The largest absolute Gasteiger partial charge is 0.466 e. The van der Waals surface area contributed by atoms with Crippen LogP contribution in [-0.2, 0) is 9.53 Å². The molecule has 0 saturated heterocycles. The number of hydrogen-bond acceptors (Lipinski definition) is 4. The minimum Gasteiger partial charge on any atom is -0.466 e. The van der Waals surface area contributed by atoms with E-state index in [2.05, 4.69) is 4.98 Å². The Morgan fingerprint density at radius 1 is 1.18 bits per heavy atom. The van der Waals surface area contributed by atoms with Crippen LogP contribution in [0.4, 0.5) is 0 Å². The number of aromatic nitrogens is 1. The summed E-state index contributed by atoms with van der Waals surface area (Å²) in [6.45, 7) is 2.15. The molecule has 22 heavy (non-hydrogen) atoms. The van der Waals surface area contributed by atoms with Crippen molar-refractivity contribution in [3.05, 3.63) is 54.4 Å². The van der Waals surface area contributed by atoms with Gasteiger partial charge in [-0.15, -0.1) is 24.8 Å². The first kappa shape index (κ1) is 20.4. The fourth-order valence-corrected chi connectivity index (χ4v) is 1.97.